The Hall–Kier alpha value is -4.04. The fraction of sp³-hybridized carbons (Fsp3) is 0.0833. The zero-order valence-electron chi connectivity index (χ0n) is 17.0. The molecule has 1 aliphatic heterocycles. The number of hydrogen-bond donors (Lipinski definition) is 1. The molecule has 0 radical (unpaired) electrons. The van der Waals surface area contributed by atoms with Crippen molar-refractivity contribution < 1.29 is 18.8 Å². The van der Waals surface area contributed by atoms with Gasteiger partial charge in [0.25, 0.3) is 11.8 Å². The van der Waals surface area contributed by atoms with E-state index in [0.717, 1.165) is 9.78 Å². The van der Waals surface area contributed by atoms with E-state index >= 15 is 0 Å². The van der Waals surface area contributed by atoms with Crippen molar-refractivity contribution in [2.75, 3.05) is 10.2 Å². The molecule has 2 aromatic carbocycles. The van der Waals surface area contributed by atoms with Gasteiger partial charge in [0.15, 0.2) is 0 Å². The van der Waals surface area contributed by atoms with Crippen LogP contribution in [0.2, 0.25) is 0 Å². The molecule has 0 atom stereocenters. The van der Waals surface area contributed by atoms with Crippen molar-refractivity contribution in [2.24, 2.45) is 0 Å². The molecule has 0 aliphatic carbocycles. The van der Waals surface area contributed by atoms with Crippen LogP contribution in [0.15, 0.2) is 70.5 Å². The molecule has 0 fully saturated rings. The van der Waals surface area contributed by atoms with Crippen molar-refractivity contribution in [3.63, 3.8) is 0 Å². The van der Waals surface area contributed by atoms with Gasteiger partial charge < -0.3 is 9.73 Å². The van der Waals surface area contributed by atoms with Crippen molar-refractivity contribution in [2.45, 2.75) is 13.3 Å². The van der Waals surface area contributed by atoms with Crippen LogP contribution in [0.5, 0.6) is 0 Å². The van der Waals surface area contributed by atoms with Gasteiger partial charge in [0.1, 0.15) is 5.76 Å². The Bertz CT molecular complexity index is 1320. The summed E-state index contributed by atoms with van der Waals surface area (Å²) in [5.74, 6) is 0.0386. The van der Waals surface area contributed by atoms with Gasteiger partial charge in [-0.2, -0.15) is 0 Å². The second kappa shape index (κ2) is 7.90. The highest BCUT2D eigenvalue weighted by Gasteiger charge is 2.36. The Morgan fingerprint density at radius 1 is 1.03 bits per heavy atom. The van der Waals surface area contributed by atoms with E-state index in [9.17, 15) is 14.4 Å². The van der Waals surface area contributed by atoms with Gasteiger partial charge in [0, 0.05) is 5.69 Å². The molecule has 158 valence electrons. The number of imide groups is 1. The van der Waals surface area contributed by atoms with Gasteiger partial charge >= 0.3 is 0 Å². The molecule has 0 bridgehead atoms. The minimum absolute atomic E-state index is 0.0396. The van der Waals surface area contributed by atoms with Crippen LogP contribution in [0.1, 0.15) is 32.2 Å². The second-order valence-corrected chi connectivity index (χ2v) is 8.21. The molecule has 1 N–H and O–H groups in total. The monoisotopic (exact) mass is 443 g/mol. The first-order valence-electron chi connectivity index (χ1n) is 9.89. The predicted molar refractivity (Wildman–Crippen MR) is 121 cm³/mol. The molecule has 8 heteroatoms. The number of carbonyl (C=O) groups excluding carboxylic acids is 3. The molecule has 1 aliphatic rings. The van der Waals surface area contributed by atoms with Crippen molar-refractivity contribution in [1.82, 2.24) is 4.98 Å². The number of aromatic nitrogens is 1. The number of nitrogens with zero attached hydrogens (tertiary/aromatic N) is 2. The van der Waals surface area contributed by atoms with E-state index in [4.69, 9.17) is 4.42 Å². The molecule has 0 saturated heterocycles. The van der Waals surface area contributed by atoms with Crippen molar-refractivity contribution in [3.8, 4) is 10.8 Å². The third-order valence-corrected chi connectivity index (χ3v) is 5.99. The Kier molecular flexibility index (Phi) is 4.91. The number of aryl methyl sites for hydroxylation is 1. The molecule has 3 heterocycles. The topological polar surface area (TPSA) is 92.5 Å². The first-order chi connectivity index (χ1) is 15.5. The van der Waals surface area contributed by atoms with Crippen LogP contribution in [-0.2, 0) is 11.2 Å². The Labute approximate surface area is 187 Å². The number of amides is 3. The lowest BCUT2D eigenvalue weighted by Gasteiger charge is -2.15. The van der Waals surface area contributed by atoms with Crippen molar-refractivity contribution in [1.29, 1.82) is 0 Å². The third kappa shape index (κ3) is 3.50. The molecule has 0 saturated carbocycles. The largest absolute Gasteiger partial charge is 0.440 e. The number of oxazole rings is 1. The van der Waals surface area contributed by atoms with E-state index < -0.39 is 0 Å². The fourth-order valence-corrected chi connectivity index (χ4v) is 4.25. The van der Waals surface area contributed by atoms with E-state index in [2.05, 4.69) is 10.3 Å². The number of carbonyl (C=O) groups is 3. The quantitative estimate of drug-likeness (QED) is 0.452. The number of fused-ring (bicyclic) bond motifs is 1. The van der Waals surface area contributed by atoms with E-state index in [1.165, 1.54) is 11.3 Å². The fourth-order valence-electron chi connectivity index (χ4n) is 3.60. The first kappa shape index (κ1) is 19.9. The molecule has 2 aromatic heterocycles. The summed E-state index contributed by atoms with van der Waals surface area (Å²) in [6.45, 7) is 1.77. The first-order valence-corrected chi connectivity index (χ1v) is 10.8. The van der Waals surface area contributed by atoms with E-state index in [-0.39, 0.29) is 24.1 Å². The standard InChI is InChI=1S/C24H17N3O4S/c1-14-19(26-22(31-14)20-10-5-11-32-20)13-21(28)25-15-6-4-7-16(12-15)27-23(29)17-8-2-3-9-18(17)24(27)30/h2-12H,13H2,1H3,(H,25,28). The molecule has 3 amide bonds. The predicted octanol–water partition coefficient (Wildman–Crippen LogP) is 4.69. The number of rotatable bonds is 5. The van der Waals surface area contributed by atoms with Gasteiger partial charge in [0.2, 0.25) is 11.8 Å². The minimum atomic E-state index is -0.381. The van der Waals surface area contributed by atoms with Gasteiger partial charge in [-0.25, -0.2) is 9.88 Å². The van der Waals surface area contributed by atoms with Crippen LogP contribution in [0, 0.1) is 6.92 Å². The minimum Gasteiger partial charge on any atom is -0.440 e. The number of thiophene rings is 1. The molecule has 0 unspecified atom stereocenters. The van der Waals surface area contributed by atoms with E-state index in [1.807, 2.05) is 17.5 Å². The number of benzene rings is 2. The van der Waals surface area contributed by atoms with Crippen LogP contribution in [0.25, 0.3) is 10.8 Å². The lowest BCUT2D eigenvalue weighted by Crippen LogP contribution is -2.29. The molecule has 32 heavy (non-hydrogen) atoms. The summed E-state index contributed by atoms with van der Waals surface area (Å²) in [7, 11) is 0. The molecular weight excluding hydrogens is 426 g/mol. The van der Waals surface area contributed by atoms with Crippen LogP contribution in [0.3, 0.4) is 0 Å². The highest BCUT2D eigenvalue weighted by atomic mass is 32.1. The summed E-state index contributed by atoms with van der Waals surface area (Å²) in [6.07, 6.45) is 0.0396. The molecular formula is C24H17N3O4S. The van der Waals surface area contributed by atoms with Crippen LogP contribution in [-0.4, -0.2) is 22.7 Å². The molecule has 5 rings (SSSR count). The Morgan fingerprint density at radius 2 is 1.78 bits per heavy atom. The van der Waals surface area contributed by atoms with E-state index in [1.54, 1.807) is 55.5 Å². The average Bonchev–Trinajstić information content (AvgIpc) is 3.49. The smallest absolute Gasteiger partial charge is 0.266 e. The average molecular weight is 443 g/mol. The highest BCUT2D eigenvalue weighted by Crippen LogP contribution is 2.30. The zero-order chi connectivity index (χ0) is 22.2. The summed E-state index contributed by atoms with van der Waals surface area (Å²) in [6, 6.07) is 17.2. The Morgan fingerprint density at radius 3 is 2.47 bits per heavy atom. The van der Waals surface area contributed by atoms with Gasteiger partial charge in [-0.15, -0.1) is 11.3 Å². The normalized spacial score (nSPS) is 12.8. The number of anilines is 2. The highest BCUT2D eigenvalue weighted by molar-refractivity contribution is 7.13. The third-order valence-electron chi connectivity index (χ3n) is 5.13. The summed E-state index contributed by atoms with van der Waals surface area (Å²) >= 11 is 1.51. The van der Waals surface area contributed by atoms with Crippen LogP contribution < -0.4 is 10.2 Å². The second-order valence-electron chi connectivity index (χ2n) is 7.27. The summed E-state index contributed by atoms with van der Waals surface area (Å²) in [5.41, 5.74) is 2.17. The number of nitrogens with one attached hydrogen (secondary N) is 1. The van der Waals surface area contributed by atoms with Crippen molar-refractivity contribution >= 4 is 40.4 Å². The number of hydrogen-bond acceptors (Lipinski definition) is 6. The van der Waals surface area contributed by atoms with Gasteiger partial charge in [-0.3, -0.25) is 14.4 Å². The maximum absolute atomic E-state index is 12.7. The van der Waals surface area contributed by atoms with Gasteiger partial charge in [-0.05, 0) is 48.7 Å². The molecule has 4 aromatic rings. The lowest BCUT2D eigenvalue weighted by atomic mass is 10.1. The summed E-state index contributed by atoms with van der Waals surface area (Å²) < 4.78 is 5.69. The van der Waals surface area contributed by atoms with Gasteiger partial charge in [-0.1, -0.05) is 24.3 Å². The SMILES string of the molecule is Cc1oc(-c2cccs2)nc1CC(=O)Nc1cccc(N2C(=O)c3ccccc3C2=O)c1. The van der Waals surface area contributed by atoms with E-state index in [0.29, 0.717) is 39.8 Å². The summed E-state index contributed by atoms with van der Waals surface area (Å²) in [5, 5.41) is 4.74. The Balaban J connectivity index is 1.32. The van der Waals surface area contributed by atoms with Crippen LogP contribution in [0.4, 0.5) is 11.4 Å². The summed E-state index contributed by atoms with van der Waals surface area (Å²) in [4.78, 5) is 44.5. The maximum atomic E-state index is 12.7. The van der Waals surface area contributed by atoms with Gasteiger partial charge in [0.05, 0.1) is 33.8 Å². The van der Waals surface area contributed by atoms with Crippen LogP contribution >= 0.6 is 11.3 Å². The molecule has 0 spiro atoms. The zero-order valence-corrected chi connectivity index (χ0v) is 17.8. The van der Waals surface area contributed by atoms with Crippen molar-refractivity contribution in [3.05, 3.63) is 88.6 Å². The molecule has 7 nitrogen and oxygen atoms in total. The maximum Gasteiger partial charge on any atom is 0.266 e. The lowest BCUT2D eigenvalue weighted by molar-refractivity contribution is -0.115.